The zero-order valence-corrected chi connectivity index (χ0v) is 13.9. The summed E-state index contributed by atoms with van der Waals surface area (Å²) >= 11 is 0. The Hall–Kier alpha value is -1.59. The van der Waals surface area contributed by atoms with Crippen LogP contribution in [-0.4, -0.2) is 49.9 Å². The maximum absolute atomic E-state index is 12.0. The van der Waals surface area contributed by atoms with Crippen molar-refractivity contribution in [2.24, 2.45) is 11.8 Å². The van der Waals surface area contributed by atoms with Gasteiger partial charge in [-0.1, -0.05) is 20.8 Å². The van der Waals surface area contributed by atoms with Crippen LogP contribution >= 0.6 is 0 Å². The molecule has 21 heavy (non-hydrogen) atoms. The number of nitrogens with one attached hydrogen (secondary N) is 1. The zero-order valence-electron chi connectivity index (χ0n) is 13.9. The van der Waals surface area contributed by atoms with Crippen molar-refractivity contribution in [2.45, 2.75) is 46.1 Å². The normalized spacial score (nSPS) is 13.5. The van der Waals surface area contributed by atoms with E-state index in [4.69, 9.17) is 4.74 Å². The lowest BCUT2D eigenvalue weighted by Gasteiger charge is -2.20. The van der Waals surface area contributed by atoms with E-state index in [2.05, 4.69) is 5.32 Å². The number of hydrogen-bond donors (Lipinski definition) is 1. The van der Waals surface area contributed by atoms with Gasteiger partial charge < -0.3 is 15.0 Å². The molecule has 2 unspecified atom stereocenters. The monoisotopic (exact) mass is 300 g/mol. The number of ether oxygens (including phenoxy) is 1. The molecule has 0 radical (unpaired) electrons. The van der Waals surface area contributed by atoms with E-state index in [1.165, 1.54) is 12.0 Å². The molecule has 0 aromatic rings. The first-order valence-electron chi connectivity index (χ1n) is 7.24. The fourth-order valence-corrected chi connectivity index (χ4v) is 1.95. The molecule has 1 N–H and O–H groups in total. The van der Waals surface area contributed by atoms with Crippen molar-refractivity contribution in [1.29, 1.82) is 0 Å². The molecule has 0 bridgehead atoms. The van der Waals surface area contributed by atoms with Gasteiger partial charge in [0.2, 0.25) is 11.8 Å². The van der Waals surface area contributed by atoms with E-state index < -0.39 is 12.0 Å². The summed E-state index contributed by atoms with van der Waals surface area (Å²) in [4.78, 5) is 36.7. The Bertz CT molecular complexity index is 367. The van der Waals surface area contributed by atoms with Crippen LogP contribution in [0.2, 0.25) is 0 Å². The van der Waals surface area contributed by atoms with Crippen molar-refractivity contribution in [3.05, 3.63) is 0 Å². The lowest BCUT2D eigenvalue weighted by molar-refractivity contribution is -0.145. The Balaban J connectivity index is 4.43. The van der Waals surface area contributed by atoms with Crippen LogP contribution in [0.15, 0.2) is 0 Å². The average Bonchev–Trinajstić information content (AvgIpc) is 2.35. The van der Waals surface area contributed by atoms with Gasteiger partial charge in [-0.15, -0.1) is 0 Å². The van der Waals surface area contributed by atoms with Crippen LogP contribution in [0.1, 0.15) is 40.0 Å². The number of nitrogens with zero attached hydrogens (tertiary/aromatic N) is 1. The summed E-state index contributed by atoms with van der Waals surface area (Å²) < 4.78 is 4.70. The van der Waals surface area contributed by atoms with Crippen molar-refractivity contribution in [1.82, 2.24) is 10.2 Å². The third-order valence-corrected chi connectivity index (χ3v) is 3.08. The molecule has 0 rings (SSSR count). The predicted octanol–water partition coefficient (Wildman–Crippen LogP) is 1.19. The van der Waals surface area contributed by atoms with Crippen LogP contribution in [0.5, 0.6) is 0 Å². The summed E-state index contributed by atoms with van der Waals surface area (Å²) in [7, 11) is 4.68. The first-order valence-corrected chi connectivity index (χ1v) is 7.24. The van der Waals surface area contributed by atoms with Crippen LogP contribution < -0.4 is 5.32 Å². The topological polar surface area (TPSA) is 75.7 Å². The average molecular weight is 300 g/mol. The van der Waals surface area contributed by atoms with Crippen molar-refractivity contribution < 1.29 is 19.1 Å². The Labute approximate surface area is 127 Å². The molecule has 0 heterocycles. The lowest BCUT2D eigenvalue weighted by atomic mass is 10.0. The standard InChI is InChI=1S/C15H28N2O4/c1-10(2)7-12(15(20)21-6)16-13(18)8-11(3)9-14(19)17(4)5/h10-12H,7-9H2,1-6H3,(H,16,18). The van der Waals surface area contributed by atoms with Gasteiger partial charge >= 0.3 is 5.97 Å². The fraction of sp³-hybridized carbons (Fsp3) is 0.800. The Morgan fingerprint density at radius 2 is 1.67 bits per heavy atom. The summed E-state index contributed by atoms with van der Waals surface area (Å²) in [5.41, 5.74) is 0. The van der Waals surface area contributed by atoms with Crippen LogP contribution in [0.4, 0.5) is 0 Å². The molecule has 2 amide bonds. The molecule has 0 aliphatic rings. The minimum Gasteiger partial charge on any atom is -0.467 e. The highest BCUT2D eigenvalue weighted by molar-refractivity contribution is 5.85. The third kappa shape index (κ3) is 8.32. The molecule has 0 aliphatic heterocycles. The quantitative estimate of drug-likeness (QED) is 0.683. The van der Waals surface area contributed by atoms with Crippen LogP contribution in [-0.2, 0) is 19.1 Å². The second-order valence-corrected chi connectivity index (χ2v) is 6.07. The minimum absolute atomic E-state index is 0.0120. The highest BCUT2D eigenvalue weighted by atomic mass is 16.5. The van der Waals surface area contributed by atoms with E-state index >= 15 is 0 Å². The van der Waals surface area contributed by atoms with Gasteiger partial charge in [-0.2, -0.15) is 0 Å². The molecule has 6 nitrogen and oxygen atoms in total. The molecule has 0 saturated carbocycles. The fourth-order valence-electron chi connectivity index (χ4n) is 1.95. The molecule has 122 valence electrons. The van der Waals surface area contributed by atoms with Gasteiger partial charge in [-0.3, -0.25) is 9.59 Å². The molecular formula is C15H28N2O4. The first-order chi connectivity index (χ1) is 9.67. The molecule has 0 aromatic heterocycles. The van der Waals surface area contributed by atoms with Crippen molar-refractivity contribution in [2.75, 3.05) is 21.2 Å². The molecule has 0 spiro atoms. The lowest BCUT2D eigenvalue weighted by Crippen LogP contribution is -2.43. The van der Waals surface area contributed by atoms with Crippen molar-refractivity contribution in [3.8, 4) is 0 Å². The Morgan fingerprint density at radius 3 is 2.10 bits per heavy atom. The Morgan fingerprint density at radius 1 is 1.10 bits per heavy atom. The molecule has 0 saturated heterocycles. The number of esters is 1. The van der Waals surface area contributed by atoms with E-state index in [0.29, 0.717) is 12.8 Å². The number of carbonyl (C=O) groups is 3. The first kappa shape index (κ1) is 19.4. The summed E-state index contributed by atoms with van der Waals surface area (Å²) in [5.74, 6) is -0.486. The van der Waals surface area contributed by atoms with Crippen molar-refractivity contribution >= 4 is 17.8 Å². The molecule has 0 fully saturated rings. The van der Waals surface area contributed by atoms with E-state index in [-0.39, 0.29) is 30.1 Å². The molecular weight excluding hydrogens is 272 g/mol. The maximum Gasteiger partial charge on any atom is 0.328 e. The van der Waals surface area contributed by atoms with Crippen molar-refractivity contribution in [3.63, 3.8) is 0 Å². The number of rotatable bonds is 8. The van der Waals surface area contributed by atoms with E-state index in [1.54, 1.807) is 14.1 Å². The van der Waals surface area contributed by atoms with Crippen LogP contribution in [0.3, 0.4) is 0 Å². The third-order valence-electron chi connectivity index (χ3n) is 3.08. The largest absolute Gasteiger partial charge is 0.467 e. The SMILES string of the molecule is COC(=O)C(CC(C)C)NC(=O)CC(C)CC(=O)N(C)C. The Kier molecular flexibility index (Phi) is 8.66. The second-order valence-electron chi connectivity index (χ2n) is 6.07. The number of carbonyl (C=O) groups excluding carboxylic acids is 3. The smallest absolute Gasteiger partial charge is 0.328 e. The number of methoxy groups -OCH3 is 1. The highest BCUT2D eigenvalue weighted by Gasteiger charge is 2.23. The molecule has 6 heteroatoms. The number of amides is 2. The van der Waals surface area contributed by atoms with E-state index in [9.17, 15) is 14.4 Å². The van der Waals surface area contributed by atoms with Gasteiger partial charge in [0.05, 0.1) is 7.11 Å². The van der Waals surface area contributed by atoms with E-state index in [1.807, 2.05) is 20.8 Å². The van der Waals surface area contributed by atoms with E-state index in [0.717, 1.165) is 0 Å². The summed E-state index contributed by atoms with van der Waals surface area (Å²) in [6.07, 6.45) is 1.06. The maximum atomic E-state index is 12.0. The highest BCUT2D eigenvalue weighted by Crippen LogP contribution is 2.11. The van der Waals surface area contributed by atoms with Gasteiger partial charge in [0.1, 0.15) is 6.04 Å². The van der Waals surface area contributed by atoms with Gasteiger partial charge in [-0.25, -0.2) is 4.79 Å². The van der Waals surface area contributed by atoms with Gasteiger partial charge in [0, 0.05) is 26.9 Å². The number of hydrogen-bond acceptors (Lipinski definition) is 4. The van der Waals surface area contributed by atoms with Crippen LogP contribution in [0.25, 0.3) is 0 Å². The molecule has 2 atom stereocenters. The minimum atomic E-state index is -0.626. The van der Waals surface area contributed by atoms with Crippen LogP contribution in [0, 0.1) is 11.8 Å². The summed E-state index contributed by atoms with van der Waals surface area (Å²) in [6, 6.07) is -0.626. The molecule has 0 aliphatic carbocycles. The van der Waals surface area contributed by atoms with Gasteiger partial charge in [0.15, 0.2) is 0 Å². The predicted molar refractivity (Wildman–Crippen MR) is 80.5 cm³/mol. The molecule has 0 aromatic carbocycles. The zero-order chi connectivity index (χ0) is 16.6. The second kappa shape index (κ2) is 9.37. The van der Waals surface area contributed by atoms with Gasteiger partial charge in [-0.05, 0) is 18.3 Å². The van der Waals surface area contributed by atoms with Gasteiger partial charge in [0.25, 0.3) is 0 Å². The summed E-state index contributed by atoms with van der Waals surface area (Å²) in [5, 5.41) is 2.69. The summed E-state index contributed by atoms with van der Waals surface area (Å²) in [6.45, 7) is 5.79.